The van der Waals surface area contributed by atoms with E-state index in [9.17, 15) is 4.39 Å². The molecular formula is C12H14FN3O. The van der Waals surface area contributed by atoms with E-state index in [2.05, 4.69) is 5.10 Å². The maximum Gasteiger partial charge on any atom is 0.165 e. The summed E-state index contributed by atoms with van der Waals surface area (Å²) in [4.78, 5) is 0. The summed E-state index contributed by atoms with van der Waals surface area (Å²) in [5, 5.41) is 4.07. The molecule has 17 heavy (non-hydrogen) atoms. The first kappa shape index (κ1) is 11.6. The van der Waals surface area contributed by atoms with Crippen LogP contribution in [-0.4, -0.2) is 9.78 Å². The Bertz CT molecular complexity index is 510. The van der Waals surface area contributed by atoms with Crippen LogP contribution in [0.25, 0.3) is 0 Å². The second kappa shape index (κ2) is 4.97. The molecule has 0 aliphatic heterocycles. The second-order valence-corrected chi connectivity index (χ2v) is 3.63. The van der Waals surface area contributed by atoms with E-state index in [1.165, 1.54) is 12.1 Å². The van der Waals surface area contributed by atoms with E-state index in [0.717, 1.165) is 6.54 Å². The molecule has 4 nitrogen and oxygen atoms in total. The van der Waals surface area contributed by atoms with E-state index >= 15 is 0 Å². The van der Waals surface area contributed by atoms with Crippen molar-refractivity contribution in [2.75, 3.05) is 0 Å². The topological polar surface area (TPSA) is 53.1 Å². The van der Waals surface area contributed by atoms with Crippen LogP contribution in [0.2, 0.25) is 0 Å². The minimum Gasteiger partial charge on any atom is -0.454 e. The van der Waals surface area contributed by atoms with Crippen molar-refractivity contribution in [2.24, 2.45) is 5.73 Å². The lowest BCUT2D eigenvalue weighted by atomic mass is 10.2. The summed E-state index contributed by atoms with van der Waals surface area (Å²) in [5.74, 6) is 0.660. The zero-order chi connectivity index (χ0) is 12.3. The number of rotatable bonds is 4. The predicted molar refractivity (Wildman–Crippen MR) is 62.3 cm³/mol. The zero-order valence-electron chi connectivity index (χ0n) is 9.56. The molecule has 1 aromatic heterocycles. The van der Waals surface area contributed by atoms with E-state index in [1.54, 1.807) is 23.1 Å². The molecule has 5 heteroatoms. The highest BCUT2D eigenvalue weighted by molar-refractivity contribution is 5.33. The fraction of sp³-hybridized carbons (Fsp3) is 0.250. The highest BCUT2D eigenvalue weighted by Gasteiger charge is 2.04. The fourth-order valence-electron chi connectivity index (χ4n) is 1.50. The maximum absolute atomic E-state index is 13.2. The highest BCUT2D eigenvalue weighted by atomic mass is 19.1. The van der Waals surface area contributed by atoms with Gasteiger partial charge in [0.15, 0.2) is 5.75 Å². The number of nitrogens with zero attached hydrogens (tertiary/aromatic N) is 2. The normalized spacial score (nSPS) is 10.5. The molecule has 0 spiro atoms. The molecule has 0 bridgehead atoms. The molecule has 0 radical (unpaired) electrons. The lowest BCUT2D eigenvalue weighted by Crippen LogP contribution is -1.97. The summed E-state index contributed by atoms with van der Waals surface area (Å²) in [6.45, 7) is 3.02. The first-order valence-electron chi connectivity index (χ1n) is 5.41. The van der Waals surface area contributed by atoms with Crippen LogP contribution in [0.15, 0.2) is 30.6 Å². The largest absolute Gasteiger partial charge is 0.454 e. The van der Waals surface area contributed by atoms with Gasteiger partial charge in [0, 0.05) is 19.2 Å². The van der Waals surface area contributed by atoms with Gasteiger partial charge in [-0.2, -0.15) is 5.10 Å². The van der Waals surface area contributed by atoms with Gasteiger partial charge in [-0.3, -0.25) is 4.68 Å². The van der Waals surface area contributed by atoms with Gasteiger partial charge in [0.2, 0.25) is 0 Å². The van der Waals surface area contributed by atoms with Gasteiger partial charge in [0.25, 0.3) is 0 Å². The quantitative estimate of drug-likeness (QED) is 0.884. The molecule has 1 heterocycles. The number of nitrogens with two attached hydrogens (primary N) is 1. The van der Waals surface area contributed by atoms with Gasteiger partial charge >= 0.3 is 0 Å². The summed E-state index contributed by atoms with van der Waals surface area (Å²) in [6, 6.07) is 4.43. The van der Waals surface area contributed by atoms with Crippen molar-refractivity contribution in [3.63, 3.8) is 0 Å². The van der Waals surface area contributed by atoms with Gasteiger partial charge in [0.1, 0.15) is 11.6 Å². The summed E-state index contributed by atoms with van der Waals surface area (Å²) in [7, 11) is 0. The van der Waals surface area contributed by atoms with Crippen molar-refractivity contribution in [2.45, 2.75) is 20.0 Å². The molecule has 2 aromatic rings. The van der Waals surface area contributed by atoms with Gasteiger partial charge in [-0.05, 0) is 24.6 Å². The number of ether oxygens (including phenoxy) is 1. The van der Waals surface area contributed by atoms with Crippen LogP contribution in [0.1, 0.15) is 12.5 Å². The van der Waals surface area contributed by atoms with Crippen molar-refractivity contribution in [1.82, 2.24) is 9.78 Å². The van der Waals surface area contributed by atoms with E-state index < -0.39 is 0 Å². The van der Waals surface area contributed by atoms with Gasteiger partial charge in [0.05, 0.1) is 12.4 Å². The Hall–Kier alpha value is -1.88. The molecule has 2 N–H and O–H groups in total. The van der Waals surface area contributed by atoms with Crippen LogP contribution in [0.3, 0.4) is 0 Å². The number of benzene rings is 1. The van der Waals surface area contributed by atoms with E-state index in [1.807, 2.05) is 6.92 Å². The minimum absolute atomic E-state index is 0.280. The van der Waals surface area contributed by atoms with Gasteiger partial charge in [-0.15, -0.1) is 0 Å². The molecule has 0 amide bonds. The van der Waals surface area contributed by atoms with Gasteiger partial charge in [-0.1, -0.05) is 0 Å². The van der Waals surface area contributed by atoms with Crippen molar-refractivity contribution in [3.05, 3.63) is 42.0 Å². The number of hydrogen-bond acceptors (Lipinski definition) is 3. The van der Waals surface area contributed by atoms with Crippen LogP contribution < -0.4 is 10.5 Å². The molecule has 0 unspecified atom stereocenters. The smallest absolute Gasteiger partial charge is 0.165 e. The Labute approximate surface area is 98.8 Å². The third kappa shape index (κ3) is 2.82. The van der Waals surface area contributed by atoms with Crippen molar-refractivity contribution >= 4 is 0 Å². The maximum atomic E-state index is 13.2. The SMILES string of the molecule is CCn1cc(Oc2cc(F)cc(CN)c2)cn1. The van der Waals surface area contributed by atoms with Gasteiger partial charge < -0.3 is 10.5 Å². The molecule has 0 fully saturated rings. The lowest BCUT2D eigenvalue weighted by molar-refractivity contribution is 0.474. The molecule has 1 aromatic carbocycles. The number of aryl methyl sites for hydroxylation is 1. The second-order valence-electron chi connectivity index (χ2n) is 3.63. The van der Waals surface area contributed by atoms with Crippen molar-refractivity contribution in [3.8, 4) is 11.5 Å². The number of halogens is 1. The summed E-state index contributed by atoms with van der Waals surface area (Å²) >= 11 is 0. The third-order valence-corrected chi connectivity index (χ3v) is 2.34. The van der Waals surface area contributed by atoms with Gasteiger partial charge in [-0.25, -0.2) is 4.39 Å². The molecule has 90 valence electrons. The Kier molecular flexibility index (Phi) is 3.39. The monoisotopic (exact) mass is 235 g/mol. The van der Waals surface area contributed by atoms with E-state index in [-0.39, 0.29) is 12.4 Å². The molecule has 2 rings (SSSR count). The van der Waals surface area contributed by atoms with E-state index in [0.29, 0.717) is 17.1 Å². The van der Waals surface area contributed by atoms with Crippen LogP contribution in [0, 0.1) is 5.82 Å². The predicted octanol–water partition coefficient (Wildman–Crippen LogP) is 2.29. The van der Waals surface area contributed by atoms with Crippen LogP contribution in [0.5, 0.6) is 11.5 Å². The molecule has 0 aliphatic carbocycles. The molecule has 0 saturated carbocycles. The fourth-order valence-corrected chi connectivity index (χ4v) is 1.50. The number of hydrogen-bond donors (Lipinski definition) is 1. The Morgan fingerprint density at radius 2 is 2.18 bits per heavy atom. The Morgan fingerprint density at radius 1 is 1.35 bits per heavy atom. The highest BCUT2D eigenvalue weighted by Crippen LogP contribution is 2.23. The third-order valence-electron chi connectivity index (χ3n) is 2.34. The minimum atomic E-state index is -0.356. The molecule has 0 aliphatic rings. The van der Waals surface area contributed by atoms with Crippen LogP contribution in [0.4, 0.5) is 4.39 Å². The average molecular weight is 235 g/mol. The van der Waals surface area contributed by atoms with Crippen molar-refractivity contribution in [1.29, 1.82) is 0 Å². The number of aromatic nitrogens is 2. The molecule has 0 saturated heterocycles. The summed E-state index contributed by atoms with van der Waals surface area (Å²) in [5.41, 5.74) is 6.17. The first-order chi connectivity index (χ1) is 8.21. The van der Waals surface area contributed by atoms with E-state index in [4.69, 9.17) is 10.5 Å². The standard InChI is InChI=1S/C12H14FN3O/c1-2-16-8-12(7-15-16)17-11-4-9(6-14)3-10(13)5-11/h3-5,7-8H,2,6,14H2,1H3. The molecule has 0 atom stereocenters. The summed E-state index contributed by atoms with van der Waals surface area (Å²) < 4.78 is 20.5. The van der Waals surface area contributed by atoms with Crippen LogP contribution >= 0.6 is 0 Å². The first-order valence-corrected chi connectivity index (χ1v) is 5.41. The Morgan fingerprint density at radius 3 is 2.82 bits per heavy atom. The van der Waals surface area contributed by atoms with Crippen molar-refractivity contribution < 1.29 is 9.13 Å². The van der Waals surface area contributed by atoms with Crippen LogP contribution in [-0.2, 0) is 13.1 Å². The molecular weight excluding hydrogens is 221 g/mol. The zero-order valence-corrected chi connectivity index (χ0v) is 9.56. The Balaban J connectivity index is 2.20. The summed E-state index contributed by atoms with van der Waals surface area (Å²) in [6.07, 6.45) is 3.35. The average Bonchev–Trinajstić information content (AvgIpc) is 2.76. The lowest BCUT2D eigenvalue weighted by Gasteiger charge is -2.05.